The molecule has 0 atom stereocenters. The van der Waals surface area contributed by atoms with Gasteiger partial charge in [0.15, 0.2) is 11.5 Å². The minimum Gasteiger partial charge on any atom is -0.493 e. The second kappa shape index (κ2) is 10.0. The molecule has 1 saturated heterocycles. The fourth-order valence-corrected chi connectivity index (χ4v) is 4.39. The topological polar surface area (TPSA) is 47.1 Å². The van der Waals surface area contributed by atoms with Gasteiger partial charge in [0.05, 0.1) is 19.7 Å². The molecule has 1 fully saturated rings. The minimum absolute atomic E-state index is 0.646. The van der Waals surface area contributed by atoms with Crippen LogP contribution in [0.15, 0.2) is 79.0 Å². The zero-order valence-electron chi connectivity index (χ0n) is 19.6. The van der Waals surface area contributed by atoms with E-state index in [0.717, 1.165) is 55.1 Å². The van der Waals surface area contributed by atoms with Crippen LogP contribution < -0.4 is 19.1 Å². The molecule has 6 nitrogen and oxygen atoms in total. The third-order valence-electron chi connectivity index (χ3n) is 6.26. The Morgan fingerprint density at radius 1 is 0.765 bits per heavy atom. The number of rotatable bonds is 7. The predicted molar refractivity (Wildman–Crippen MR) is 135 cm³/mol. The van der Waals surface area contributed by atoms with E-state index < -0.39 is 0 Å². The molecule has 174 valence electrons. The molecule has 1 aromatic heterocycles. The largest absolute Gasteiger partial charge is 0.493 e. The third-order valence-corrected chi connectivity index (χ3v) is 6.26. The smallest absolute Gasteiger partial charge is 0.162 e. The van der Waals surface area contributed by atoms with Gasteiger partial charge in [-0.2, -0.15) is 0 Å². The van der Waals surface area contributed by atoms with Crippen LogP contribution in [0.25, 0.3) is 10.9 Å². The summed E-state index contributed by atoms with van der Waals surface area (Å²) in [6, 6.07) is 24.6. The summed E-state index contributed by atoms with van der Waals surface area (Å²) >= 11 is 0. The summed E-state index contributed by atoms with van der Waals surface area (Å²) in [5.74, 6) is 2.81. The quantitative estimate of drug-likeness (QED) is 0.374. The number of hydrogen-bond donors (Lipinski definition) is 0. The van der Waals surface area contributed by atoms with Gasteiger partial charge in [-0.1, -0.05) is 30.3 Å². The second-order valence-electron chi connectivity index (χ2n) is 8.38. The number of fused-ring (bicyclic) bond motifs is 1. The van der Waals surface area contributed by atoms with E-state index in [2.05, 4.69) is 57.2 Å². The molecule has 0 saturated carbocycles. The van der Waals surface area contributed by atoms with Crippen molar-refractivity contribution in [3.05, 3.63) is 84.6 Å². The maximum atomic E-state index is 6.23. The first-order valence-electron chi connectivity index (χ1n) is 11.5. The molecular formula is C28H29N3O3. The Hall–Kier alpha value is -3.77. The van der Waals surface area contributed by atoms with Gasteiger partial charge in [-0.05, 0) is 42.0 Å². The summed E-state index contributed by atoms with van der Waals surface area (Å²) in [7, 11) is 3.25. The zero-order chi connectivity index (χ0) is 23.3. The lowest BCUT2D eigenvalue weighted by atomic mass is 10.1. The summed E-state index contributed by atoms with van der Waals surface area (Å²) in [6.45, 7) is 5.16. The first-order chi connectivity index (χ1) is 16.7. The Bertz CT molecular complexity index is 1240. The predicted octanol–water partition coefficient (Wildman–Crippen LogP) is 5.37. The fraction of sp³-hybridized carbons (Fsp3) is 0.250. The molecule has 34 heavy (non-hydrogen) atoms. The van der Waals surface area contributed by atoms with Crippen molar-refractivity contribution in [3.63, 3.8) is 0 Å². The molecule has 4 aromatic rings. The number of benzene rings is 3. The molecule has 3 aromatic carbocycles. The van der Waals surface area contributed by atoms with Crippen LogP contribution in [0, 0.1) is 0 Å². The van der Waals surface area contributed by atoms with Gasteiger partial charge in [0.25, 0.3) is 0 Å². The highest BCUT2D eigenvalue weighted by Crippen LogP contribution is 2.37. The maximum absolute atomic E-state index is 6.23. The summed E-state index contributed by atoms with van der Waals surface area (Å²) in [4.78, 5) is 9.40. The number of hydrogen-bond acceptors (Lipinski definition) is 6. The molecule has 0 radical (unpaired) electrons. The van der Waals surface area contributed by atoms with Gasteiger partial charge in [-0.25, -0.2) is 0 Å². The highest BCUT2D eigenvalue weighted by Gasteiger charge is 2.17. The van der Waals surface area contributed by atoms with Crippen LogP contribution >= 0.6 is 0 Å². The Kier molecular flexibility index (Phi) is 6.49. The van der Waals surface area contributed by atoms with Crippen LogP contribution in [0.3, 0.4) is 0 Å². The van der Waals surface area contributed by atoms with Crippen molar-refractivity contribution in [2.24, 2.45) is 0 Å². The number of pyridine rings is 1. The van der Waals surface area contributed by atoms with Crippen molar-refractivity contribution in [3.8, 4) is 23.0 Å². The van der Waals surface area contributed by atoms with Crippen LogP contribution in [0.5, 0.6) is 23.0 Å². The van der Waals surface area contributed by atoms with E-state index in [9.17, 15) is 0 Å². The molecule has 0 amide bonds. The molecule has 1 aliphatic heterocycles. The number of aromatic nitrogens is 1. The first kappa shape index (κ1) is 22.0. The third kappa shape index (κ3) is 4.77. The van der Waals surface area contributed by atoms with Crippen LogP contribution in [0.4, 0.5) is 5.69 Å². The molecule has 5 rings (SSSR count). The van der Waals surface area contributed by atoms with E-state index in [0.29, 0.717) is 11.5 Å². The van der Waals surface area contributed by atoms with Crippen molar-refractivity contribution in [2.45, 2.75) is 6.54 Å². The summed E-state index contributed by atoms with van der Waals surface area (Å²) in [5.41, 5.74) is 3.38. The molecule has 0 N–H and O–H groups in total. The van der Waals surface area contributed by atoms with Gasteiger partial charge in [0, 0.05) is 56.1 Å². The van der Waals surface area contributed by atoms with Crippen molar-refractivity contribution in [1.29, 1.82) is 0 Å². The lowest BCUT2D eigenvalue weighted by molar-refractivity contribution is 0.250. The molecule has 6 heteroatoms. The van der Waals surface area contributed by atoms with Gasteiger partial charge >= 0.3 is 0 Å². The first-order valence-corrected chi connectivity index (χ1v) is 11.5. The van der Waals surface area contributed by atoms with Crippen molar-refractivity contribution in [2.75, 3.05) is 45.3 Å². The lowest BCUT2D eigenvalue weighted by Crippen LogP contribution is -2.45. The van der Waals surface area contributed by atoms with Crippen LogP contribution in [-0.2, 0) is 6.54 Å². The van der Waals surface area contributed by atoms with Gasteiger partial charge in [0.1, 0.15) is 11.5 Å². The molecular weight excluding hydrogens is 426 g/mol. The number of ether oxygens (including phenoxy) is 3. The Morgan fingerprint density at radius 2 is 1.47 bits per heavy atom. The van der Waals surface area contributed by atoms with E-state index >= 15 is 0 Å². The molecule has 1 aliphatic rings. The van der Waals surface area contributed by atoms with E-state index in [-0.39, 0.29) is 0 Å². The average Bonchev–Trinajstić information content (AvgIpc) is 2.89. The van der Waals surface area contributed by atoms with Crippen LogP contribution in [0.2, 0.25) is 0 Å². The van der Waals surface area contributed by atoms with Crippen LogP contribution in [-0.4, -0.2) is 50.3 Å². The summed E-state index contributed by atoms with van der Waals surface area (Å²) in [6.07, 6.45) is 1.74. The highest BCUT2D eigenvalue weighted by molar-refractivity contribution is 5.88. The van der Waals surface area contributed by atoms with Crippen molar-refractivity contribution >= 4 is 16.6 Å². The standard InChI is InChI=1S/C28H29N3O3/c1-32-27-18-24-25(19-28(27)33-2)29-13-12-26(24)34-23-10-8-22(9-11-23)31-16-14-30(15-17-31)20-21-6-4-3-5-7-21/h3-13,18-19H,14-17,20H2,1-2H3. The van der Waals surface area contributed by atoms with E-state index in [1.807, 2.05) is 30.3 Å². The maximum Gasteiger partial charge on any atom is 0.162 e. The zero-order valence-corrected chi connectivity index (χ0v) is 19.6. The molecule has 0 aliphatic carbocycles. The Morgan fingerprint density at radius 3 is 2.18 bits per heavy atom. The molecule has 0 unspecified atom stereocenters. The number of anilines is 1. The lowest BCUT2D eigenvalue weighted by Gasteiger charge is -2.36. The number of methoxy groups -OCH3 is 2. The average molecular weight is 456 g/mol. The normalized spacial score (nSPS) is 14.2. The van der Waals surface area contributed by atoms with Gasteiger partial charge in [-0.3, -0.25) is 9.88 Å². The second-order valence-corrected chi connectivity index (χ2v) is 8.38. The van der Waals surface area contributed by atoms with Crippen LogP contribution in [0.1, 0.15) is 5.56 Å². The SMILES string of the molecule is COc1cc2nccc(Oc3ccc(N4CCN(Cc5ccccc5)CC4)cc3)c2cc1OC. The summed E-state index contributed by atoms with van der Waals surface area (Å²) < 4.78 is 17.1. The fourth-order valence-electron chi connectivity index (χ4n) is 4.39. The Balaban J connectivity index is 1.25. The van der Waals surface area contributed by atoms with E-state index in [1.54, 1.807) is 20.4 Å². The van der Waals surface area contributed by atoms with Crippen molar-refractivity contribution in [1.82, 2.24) is 9.88 Å². The van der Waals surface area contributed by atoms with E-state index in [1.165, 1.54) is 11.3 Å². The van der Waals surface area contributed by atoms with Gasteiger partial charge < -0.3 is 19.1 Å². The Labute approximate surface area is 200 Å². The monoisotopic (exact) mass is 455 g/mol. The number of nitrogens with zero attached hydrogens (tertiary/aromatic N) is 3. The van der Waals surface area contributed by atoms with Crippen molar-refractivity contribution < 1.29 is 14.2 Å². The van der Waals surface area contributed by atoms with E-state index in [4.69, 9.17) is 14.2 Å². The molecule has 2 heterocycles. The molecule has 0 spiro atoms. The molecule has 0 bridgehead atoms. The summed E-state index contributed by atoms with van der Waals surface area (Å²) in [5, 5.41) is 0.874. The van der Waals surface area contributed by atoms with Gasteiger partial charge in [0.2, 0.25) is 0 Å². The van der Waals surface area contributed by atoms with Gasteiger partial charge in [-0.15, -0.1) is 0 Å². The minimum atomic E-state index is 0.646. The highest BCUT2D eigenvalue weighted by atomic mass is 16.5. The number of piperazine rings is 1.